The lowest BCUT2D eigenvalue weighted by atomic mass is 9.73. The Balaban J connectivity index is 2.36. The van der Waals surface area contributed by atoms with Crippen molar-refractivity contribution < 1.29 is 15.3 Å². The molecule has 0 saturated heterocycles. The van der Waals surface area contributed by atoms with Gasteiger partial charge in [-0.25, -0.2) is 0 Å². The number of hydrogen-bond acceptors (Lipinski definition) is 3. The van der Waals surface area contributed by atoms with Gasteiger partial charge < -0.3 is 15.3 Å². The number of aliphatic hydroxyl groups is 3. The lowest BCUT2D eigenvalue weighted by Gasteiger charge is -2.39. The van der Waals surface area contributed by atoms with Crippen molar-refractivity contribution in [1.29, 1.82) is 0 Å². The van der Waals surface area contributed by atoms with Crippen LogP contribution in [0, 0.1) is 23.7 Å². The van der Waals surface area contributed by atoms with Crippen LogP contribution >= 0.6 is 0 Å². The summed E-state index contributed by atoms with van der Waals surface area (Å²) in [6.07, 6.45) is 2.56. The van der Waals surface area contributed by atoms with Gasteiger partial charge in [0, 0.05) is 5.92 Å². The SMILES string of the molecule is CC(C)[C@@H]1CC[C@@](C)(O)[C@@H]2CC[C@](C)(O)C2[C@@H]1O. The molecule has 3 nitrogen and oxygen atoms in total. The molecule has 0 heterocycles. The van der Waals surface area contributed by atoms with E-state index in [4.69, 9.17) is 0 Å². The van der Waals surface area contributed by atoms with Crippen molar-refractivity contribution in [3.05, 3.63) is 0 Å². The molecule has 2 aliphatic rings. The van der Waals surface area contributed by atoms with E-state index in [-0.39, 0.29) is 17.8 Å². The molecule has 2 rings (SSSR count). The maximum atomic E-state index is 10.7. The highest BCUT2D eigenvalue weighted by molar-refractivity contribution is 5.07. The highest BCUT2D eigenvalue weighted by Crippen LogP contribution is 2.52. The normalized spacial score (nSPS) is 53.3. The molecular weight excluding hydrogens is 228 g/mol. The lowest BCUT2D eigenvalue weighted by molar-refractivity contribution is -0.101. The van der Waals surface area contributed by atoms with Gasteiger partial charge in [-0.1, -0.05) is 13.8 Å². The summed E-state index contributed by atoms with van der Waals surface area (Å²) in [5.41, 5.74) is -1.60. The predicted octanol–water partition coefficient (Wildman–Crippen LogP) is 1.94. The van der Waals surface area contributed by atoms with Gasteiger partial charge >= 0.3 is 0 Å². The van der Waals surface area contributed by atoms with Crippen LogP contribution in [0.1, 0.15) is 53.4 Å². The van der Waals surface area contributed by atoms with Crippen LogP contribution < -0.4 is 0 Å². The Hall–Kier alpha value is -0.120. The van der Waals surface area contributed by atoms with Crippen LogP contribution in [0.2, 0.25) is 0 Å². The Morgan fingerprint density at radius 1 is 1.00 bits per heavy atom. The van der Waals surface area contributed by atoms with Crippen LogP contribution in [0.25, 0.3) is 0 Å². The molecule has 0 aromatic carbocycles. The van der Waals surface area contributed by atoms with E-state index in [2.05, 4.69) is 13.8 Å². The number of rotatable bonds is 1. The summed E-state index contributed by atoms with van der Waals surface area (Å²) in [5, 5.41) is 31.9. The third-order valence-electron chi connectivity index (χ3n) is 5.56. The summed E-state index contributed by atoms with van der Waals surface area (Å²) in [4.78, 5) is 0. The van der Waals surface area contributed by atoms with Gasteiger partial charge in [0.05, 0.1) is 17.3 Å². The lowest BCUT2D eigenvalue weighted by Crippen LogP contribution is -2.47. The molecule has 18 heavy (non-hydrogen) atoms. The summed E-state index contributed by atoms with van der Waals surface area (Å²) in [5.74, 6) is 0.385. The molecule has 0 aromatic heterocycles. The quantitative estimate of drug-likeness (QED) is 0.672. The van der Waals surface area contributed by atoms with Crippen molar-refractivity contribution >= 4 is 0 Å². The largest absolute Gasteiger partial charge is 0.392 e. The first kappa shape index (κ1) is 14.3. The van der Waals surface area contributed by atoms with Crippen molar-refractivity contribution in [2.75, 3.05) is 0 Å². The van der Waals surface area contributed by atoms with Crippen LogP contribution in [0.15, 0.2) is 0 Å². The molecule has 2 saturated carbocycles. The monoisotopic (exact) mass is 256 g/mol. The van der Waals surface area contributed by atoms with Gasteiger partial charge in [0.1, 0.15) is 0 Å². The number of hydrogen-bond donors (Lipinski definition) is 3. The zero-order valence-corrected chi connectivity index (χ0v) is 12.1. The second-order valence-corrected chi connectivity index (χ2v) is 7.32. The van der Waals surface area contributed by atoms with E-state index in [0.717, 1.165) is 19.3 Å². The van der Waals surface area contributed by atoms with Gasteiger partial charge in [-0.3, -0.25) is 0 Å². The molecular formula is C15H28O3. The molecule has 0 bridgehead atoms. The van der Waals surface area contributed by atoms with Gasteiger partial charge in [-0.15, -0.1) is 0 Å². The van der Waals surface area contributed by atoms with E-state index in [0.29, 0.717) is 12.3 Å². The van der Waals surface area contributed by atoms with Gasteiger partial charge in [-0.2, -0.15) is 0 Å². The van der Waals surface area contributed by atoms with Crippen LogP contribution in [-0.2, 0) is 0 Å². The topological polar surface area (TPSA) is 60.7 Å². The molecule has 3 heteroatoms. The Labute approximate surface area is 110 Å². The van der Waals surface area contributed by atoms with E-state index in [1.807, 2.05) is 13.8 Å². The van der Waals surface area contributed by atoms with Crippen LogP contribution in [0.5, 0.6) is 0 Å². The first-order valence-electron chi connectivity index (χ1n) is 7.29. The average molecular weight is 256 g/mol. The molecule has 2 aliphatic carbocycles. The summed E-state index contributed by atoms with van der Waals surface area (Å²) < 4.78 is 0. The third kappa shape index (κ3) is 2.21. The van der Waals surface area contributed by atoms with Crippen LogP contribution in [-0.4, -0.2) is 32.6 Å². The van der Waals surface area contributed by atoms with E-state index < -0.39 is 17.3 Å². The Kier molecular flexibility index (Phi) is 3.54. The van der Waals surface area contributed by atoms with Crippen molar-refractivity contribution in [1.82, 2.24) is 0 Å². The molecule has 106 valence electrons. The molecule has 0 aliphatic heterocycles. The fourth-order valence-corrected chi connectivity index (χ4v) is 4.34. The average Bonchev–Trinajstić information content (AvgIpc) is 2.48. The second kappa shape index (κ2) is 4.46. The maximum absolute atomic E-state index is 10.7. The fraction of sp³-hybridized carbons (Fsp3) is 1.00. The minimum Gasteiger partial charge on any atom is -0.392 e. The van der Waals surface area contributed by atoms with Crippen molar-refractivity contribution in [2.24, 2.45) is 23.7 Å². The predicted molar refractivity (Wildman–Crippen MR) is 71.0 cm³/mol. The minimum absolute atomic E-state index is 0.0197. The zero-order valence-electron chi connectivity index (χ0n) is 12.1. The first-order valence-corrected chi connectivity index (χ1v) is 7.29. The standard InChI is InChI=1S/C15H28O3/c1-9(2)10-5-7-14(3,17)11-6-8-15(4,18)12(11)13(10)16/h9-13,16-18H,5-8H2,1-4H3/t10-,11+,12?,13+,14+,15-/m0/s1. The minimum atomic E-state index is -0.842. The van der Waals surface area contributed by atoms with E-state index >= 15 is 0 Å². The molecule has 0 aromatic rings. The Morgan fingerprint density at radius 2 is 1.56 bits per heavy atom. The van der Waals surface area contributed by atoms with Crippen molar-refractivity contribution in [3.8, 4) is 0 Å². The van der Waals surface area contributed by atoms with Gasteiger partial charge in [0.15, 0.2) is 0 Å². The van der Waals surface area contributed by atoms with Crippen LogP contribution in [0.3, 0.4) is 0 Å². The Bertz CT molecular complexity index is 309. The van der Waals surface area contributed by atoms with Crippen molar-refractivity contribution in [2.45, 2.75) is 70.7 Å². The molecule has 2 fully saturated rings. The third-order valence-corrected chi connectivity index (χ3v) is 5.56. The highest BCUT2D eigenvalue weighted by atomic mass is 16.3. The van der Waals surface area contributed by atoms with Crippen LogP contribution in [0.4, 0.5) is 0 Å². The summed E-state index contributed by atoms with van der Waals surface area (Å²) in [7, 11) is 0. The second-order valence-electron chi connectivity index (χ2n) is 7.32. The number of aliphatic hydroxyl groups excluding tert-OH is 1. The van der Waals surface area contributed by atoms with E-state index in [1.165, 1.54) is 0 Å². The Morgan fingerprint density at radius 3 is 2.11 bits per heavy atom. The molecule has 0 radical (unpaired) electrons. The fourth-order valence-electron chi connectivity index (χ4n) is 4.34. The first-order chi connectivity index (χ1) is 8.17. The molecule has 1 unspecified atom stereocenters. The highest BCUT2D eigenvalue weighted by Gasteiger charge is 2.56. The molecule has 3 N–H and O–H groups in total. The van der Waals surface area contributed by atoms with Gasteiger partial charge in [-0.05, 0) is 57.3 Å². The summed E-state index contributed by atoms with van der Waals surface area (Å²) in [6.45, 7) is 7.93. The smallest absolute Gasteiger partial charge is 0.0676 e. The zero-order chi connectivity index (χ0) is 13.7. The van der Waals surface area contributed by atoms with E-state index in [1.54, 1.807) is 0 Å². The van der Waals surface area contributed by atoms with E-state index in [9.17, 15) is 15.3 Å². The summed E-state index contributed by atoms with van der Waals surface area (Å²) >= 11 is 0. The summed E-state index contributed by atoms with van der Waals surface area (Å²) in [6, 6.07) is 0. The van der Waals surface area contributed by atoms with Gasteiger partial charge in [0.2, 0.25) is 0 Å². The molecule has 6 atom stereocenters. The van der Waals surface area contributed by atoms with Crippen molar-refractivity contribution in [3.63, 3.8) is 0 Å². The maximum Gasteiger partial charge on any atom is 0.0676 e. The molecule has 0 spiro atoms. The van der Waals surface area contributed by atoms with Gasteiger partial charge in [0.25, 0.3) is 0 Å². The molecule has 0 amide bonds. The number of fused-ring (bicyclic) bond motifs is 1.